The normalized spacial score (nSPS) is 16.2. The molecule has 0 radical (unpaired) electrons. The van der Waals surface area contributed by atoms with Gasteiger partial charge >= 0.3 is 11.9 Å². The van der Waals surface area contributed by atoms with Crippen LogP contribution in [0.3, 0.4) is 0 Å². The van der Waals surface area contributed by atoms with Gasteiger partial charge in [0, 0.05) is 5.56 Å². The lowest BCUT2D eigenvalue weighted by molar-refractivity contribution is -0.144. The number of hydrogen-bond donors (Lipinski definition) is 2. The Morgan fingerprint density at radius 1 is 1.17 bits per heavy atom. The second-order valence-electron chi connectivity index (χ2n) is 6.01. The van der Waals surface area contributed by atoms with Gasteiger partial charge in [-0.3, -0.25) is 9.69 Å². The minimum absolute atomic E-state index is 0.0435. The zero-order valence-electron chi connectivity index (χ0n) is 15.1. The molecule has 148 valence electrons. The molecule has 1 atom stereocenters. The Morgan fingerprint density at radius 2 is 1.90 bits per heavy atom. The van der Waals surface area contributed by atoms with Crippen molar-refractivity contribution in [2.45, 2.75) is 13.0 Å². The van der Waals surface area contributed by atoms with Crippen molar-refractivity contribution >= 4 is 57.9 Å². The lowest BCUT2D eigenvalue weighted by atomic mass is 10.1. The third kappa shape index (κ3) is 4.47. The average molecular weight is 429 g/mol. The Bertz CT molecular complexity index is 1050. The summed E-state index contributed by atoms with van der Waals surface area (Å²) in [5, 5.41) is 18.2. The number of carboxylic acids is 2. The Balaban J connectivity index is 1.92. The van der Waals surface area contributed by atoms with Crippen LogP contribution in [-0.4, -0.2) is 38.5 Å². The lowest BCUT2D eigenvalue weighted by Gasteiger charge is -2.15. The van der Waals surface area contributed by atoms with Crippen LogP contribution in [0.1, 0.15) is 22.8 Å². The quantitative estimate of drug-likeness (QED) is 0.530. The maximum atomic E-state index is 12.9. The highest BCUT2D eigenvalue weighted by atomic mass is 32.2. The highest BCUT2D eigenvalue weighted by molar-refractivity contribution is 8.27. The number of carbonyl (C=O) groups is 3. The summed E-state index contributed by atoms with van der Waals surface area (Å²) in [6.07, 6.45) is 0.516. The maximum absolute atomic E-state index is 12.9. The Morgan fingerprint density at radius 3 is 2.59 bits per heavy atom. The van der Waals surface area contributed by atoms with Crippen molar-refractivity contribution < 1.29 is 29.3 Å². The number of para-hydroxylation sites is 1. The highest BCUT2D eigenvalue weighted by Crippen LogP contribution is 2.37. The molecule has 1 aliphatic rings. The summed E-state index contributed by atoms with van der Waals surface area (Å²) in [6.45, 7) is 1.41. The molecule has 0 aromatic heterocycles. The fraction of sp³-hybridized carbons (Fsp3) is 0.100. The van der Waals surface area contributed by atoms with Gasteiger partial charge in [-0.1, -0.05) is 48.2 Å². The third-order valence-electron chi connectivity index (χ3n) is 4.00. The predicted octanol–water partition coefficient (Wildman–Crippen LogP) is 3.64. The van der Waals surface area contributed by atoms with Crippen molar-refractivity contribution in [1.82, 2.24) is 0 Å². The van der Waals surface area contributed by atoms with Crippen LogP contribution in [-0.2, 0) is 9.59 Å². The van der Waals surface area contributed by atoms with Crippen LogP contribution in [0, 0.1) is 0 Å². The van der Waals surface area contributed by atoms with Crippen LogP contribution in [0.5, 0.6) is 5.75 Å². The summed E-state index contributed by atoms with van der Waals surface area (Å²) in [5.41, 5.74) is 0.933. The van der Waals surface area contributed by atoms with Crippen LogP contribution in [0.4, 0.5) is 5.69 Å². The van der Waals surface area contributed by atoms with E-state index >= 15 is 0 Å². The lowest BCUT2D eigenvalue weighted by Crippen LogP contribution is -2.27. The second-order valence-corrected chi connectivity index (χ2v) is 7.68. The summed E-state index contributed by atoms with van der Waals surface area (Å²) in [7, 11) is 0. The Labute approximate surface area is 175 Å². The van der Waals surface area contributed by atoms with Gasteiger partial charge in [-0.2, -0.15) is 0 Å². The minimum Gasteiger partial charge on any atom is -0.479 e. The number of aliphatic carboxylic acids is 1. The first kappa shape index (κ1) is 20.6. The van der Waals surface area contributed by atoms with Crippen LogP contribution < -0.4 is 9.64 Å². The number of ether oxygens (including phenoxy) is 1. The van der Waals surface area contributed by atoms with E-state index in [1.165, 1.54) is 30.0 Å². The van der Waals surface area contributed by atoms with E-state index in [4.69, 9.17) is 27.2 Å². The van der Waals surface area contributed by atoms with Gasteiger partial charge in [0.2, 0.25) is 0 Å². The number of aromatic carboxylic acids is 1. The predicted molar refractivity (Wildman–Crippen MR) is 113 cm³/mol. The molecule has 1 amide bonds. The van der Waals surface area contributed by atoms with Crippen LogP contribution >= 0.6 is 24.0 Å². The molecule has 29 heavy (non-hydrogen) atoms. The summed E-state index contributed by atoms with van der Waals surface area (Å²) >= 11 is 6.38. The molecule has 9 heteroatoms. The molecule has 1 heterocycles. The van der Waals surface area contributed by atoms with Crippen molar-refractivity contribution in [1.29, 1.82) is 0 Å². The number of nitrogens with zero attached hydrogens (tertiary/aromatic N) is 1. The Hall–Kier alpha value is -3.17. The van der Waals surface area contributed by atoms with E-state index in [0.717, 1.165) is 11.8 Å². The largest absolute Gasteiger partial charge is 0.479 e. The molecule has 1 unspecified atom stereocenters. The van der Waals surface area contributed by atoms with Gasteiger partial charge in [-0.05, 0) is 37.3 Å². The fourth-order valence-corrected chi connectivity index (χ4v) is 3.85. The third-order valence-corrected chi connectivity index (χ3v) is 5.30. The standard InChI is InChI=1S/C20H15NO6S2/c1-11(18(23)24)27-15-8-3-2-5-12(15)10-16-17(22)21(20(28)29-16)14-7-4-6-13(9-14)19(25)26/h2-11H,1H3,(H,23,24)(H,25,26)/b16-10-. The van der Waals surface area contributed by atoms with Gasteiger partial charge in [0.05, 0.1) is 16.2 Å². The summed E-state index contributed by atoms with van der Waals surface area (Å²) in [6, 6.07) is 12.7. The van der Waals surface area contributed by atoms with Gasteiger partial charge in [0.1, 0.15) is 5.75 Å². The first-order valence-electron chi connectivity index (χ1n) is 8.37. The van der Waals surface area contributed by atoms with Gasteiger partial charge in [-0.15, -0.1) is 0 Å². The van der Waals surface area contributed by atoms with E-state index in [0.29, 0.717) is 21.9 Å². The van der Waals surface area contributed by atoms with Crippen molar-refractivity contribution in [3.8, 4) is 5.75 Å². The molecule has 0 saturated carbocycles. The van der Waals surface area contributed by atoms with Crippen molar-refractivity contribution in [3.63, 3.8) is 0 Å². The van der Waals surface area contributed by atoms with E-state index in [1.807, 2.05) is 0 Å². The molecule has 3 rings (SSSR count). The first-order valence-corrected chi connectivity index (χ1v) is 9.60. The monoisotopic (exact) mass is 429 g/mol. The smallest absolute Gasteiger partial charge is 0.344 e. The van der Waals surface area contributed by atoms with E-state index < -0.39 is 23.9 Å². The summed E-state index contributed by atoms with van der Waals surface area (Å²) < 4.78 is 5.72. The van der Waals surface area contributed by atoms with Crippen LogP contribution in [0.2, 0.25) is 0 Å². The number of benzene rings is 2. The number of carboxylic acid groups (broad SMARTS) is 2. The molecule has 1 aliphatic heterocycles. The molecule has 2 N–H and O–H groups in total. The summed E-state index contributed by atoms with van der Waals surface area (Å²) in [4.78, 5) is 36.8. The van der Waals surface area contributed by atoms with E-state index in [1.54, 1.807) is 36.4 Å². The number of rotatable bonds is 6. The Kier molecular flexibility index (Phi) is 6.00. The second kappa shape index (κ2) is 8.46. The highest BCUT2D eigenvalue weighted by Gasteiger charge is 2.33. The van der Waals surface area contributed by atoms with Crippen molar-refractivity contribution in [2.24, 2.45) is 0 Å². The molecule has 0 spiro atoms. The van der Waals surface area contributed by atoms with Gasteiger partial charge < -0.3 is 14.9 Å². The molecule has 2 aromatic rings. The number of hydrogen-bond acceptors (Lipinski definition) is 6. The van der Waals surface area contributed by atoms with Crippen LogP contribution in [0.15, 0.2) is 53.4 Å². The molecule has 7 nitrogen and oxygen atoms in total. The zero-order valence-corrected chi connectivity index (χ0v) is 16.7. The van der Waals surface area contributed by atoms with E-state index in [9.17, 15) is 14.4 Å². The van der Waals surface area contributed by atoms with E-state index in [-0.39, 0.29) is 9.88 Å². The van der Waals surface area contributed by atoms with Gasteiger partial charge in [-0.25, -0.2) is 9.59 Å². The van der Waals surface area contributed by atoms with Crippen molar-refractivity contribution in [3.05, 3.63) is 64.6 Å². The van der Waals surface area contributed by atoms with Gasteiger partial charge in [0.25, 0.3) is 5.91 Å². The summed E-state index contributed by atoms with van der Waals surface area (Å²) in [5.74, 6) is -2.29. The SMILES string of the molecule is CC(Oc1ccccc1/C=C1\SC(=S)N(c2cccc(C(=O)O)c2)C1=O)C(=O)O. The molecule has 0 bridgehead atoms. The first-order chi connectivity index (χ1) is 13.8. The molecular weight excluding hydrogens is 414 g/mol. The molecular formula is C20H15NO6S2. The van der Waals surface area contributed by atoms with E-state index in [2.05, 4.69) is 0 Å². The minimum atomic E-state index is -1.11. The number of amides is 1. The maximum Gasteiger partial charge on any atom is 0.344 e. The molecule has 0 aliphatic carbocycles. The number of anilines is 1. The fourth-order valence-electron chi connectivity index (χ4n) is 2.56. The number of thiocarbonyl (C=S) groups is 1. The van der Waals surface area contributed by atoms with Gasteiger partial charge in [0.15, 0.2) is 10.4 Å². The molecule has 2 aromatic carbocycles. The number of thioether (sulfide) groups is 1. The average Bonchev–Trinajstić information content (AvgIpc) is 2.96. The topological polar surface area (TPSA) is 104 Å². The zero-order chi connectivity index (χ0) is 21.1. The number of carbonyl (C=O) groups excluding carboxylic acids is 1. The van der Waals surface area contributed by atoms with Crippen LogP contribution in [0.25, 0.3) is 6.08 Å². The molecule has 1 saturated heterocycles. The molecule has 1 fully saturated rings. The van der Waals surface area contributed by atoms with Crippen molar-refractivity contribution in [2.75, 3.05) is 4.90 Å².